The van der Waals surface area contributed by atoms with Crippen molar-refractivity contribution in [3.05, 3.63) is 23.8 Å². The van der Waals surface area contributed by atoms with Gasteiger partial charge in [-0.25, -0.2) is 4.99 Å². The maximum absolute atomic E-state index is 5.75. The third-order valence-electron chi connectivity index (χ3n) is 4.27. The Balaban J connectivity index is 0.00000208. The van der Waals surface area contributed by atoms with Crippen LogP contribution in [0.5, 0.6) is 11.5 Å². The summed E-state index contributed by atoms with van der Waals surface area (Å²) in [5.41, 5.74) is 1.14. The van der Waals surface area contributed by atoms with Crippen molar-refractivity contribution >= 4 is 29.9 Å². The Morgan fingerprint density at radius 1 is 1.12 bits per heavy atom. The fraction of sp³-hybridized carbons (Fsp3) is 0.611. The molecule has 134 valence electrons. The van der Waals surface area contributed by atoms with Crippen LogP contribution in [0, 0.1) is 0 Å². The van der Waals surface area contributed by atoms with Gasteiger partial charge in [0.05, 0.1) is 19.8 Å². The van der Waals surface area contributed by atoms with Crippen LogP contribution in [-0.2, 0) is 6.54 Å². The summed E-state index contributed by atoms with van der Waals surface area (Å²) in [6.45, 7) is 5.05. The predicted octanol–water partition coefficient (Wildman–Crippen LogP) is 3.46. The fourth-order valence-corrected chi connectivity index (χ4v) is 3.06. The number of halogens is 1. The van der Waals surface area contributed by atoms with E-state index in [0.29, 0.717) is 19.2 Å². The van der Waals surface area contributed by atoms with Crippen molar-refractivity contribution in [2.24, 2.45) is 4.99 Å². The molecule has 6 heteroatoms. The van der Waals surface area contributed by atoms with Crippen molar-refractivity contribution in [3.8, 4) is 11.5 Å². The van der Waals surface area contributed by atoms with Gasteiger partial charge >= 0.3 is 0 Å². The van der Waals surface area contributed by atoms with Gasteiger partial charge in [0.25, 0.3) is 0 Å². The molecule has 24 heavy (non-hydrogen) atoms. The Morgan fingerprint density at radius 3 is 2.62 bits per heavy atom. The van der Waals surface area contributed by atoms with Gasteiger partial charge in [-0.2, -0.15) is 0 Å². The first-order chi connectivity index (χ1) is 11.3. The third kappa shape index (κ3) is 5.43. The second kappa shape index (κ2) is 9.96. The van der Waals surface area contributed by atoms with E-state index in [1.54, 1.807) is 0 Å². The number of aliphatic imine (C=N–C) groups is 1. The molecule has 1 aliphatic carbocycles. The summed E-state index contributed by atoms with van der Waals surface area (Å²) in [6.07, 6.45) is 6.05. The lowest BCUT2D eigenvalue weighted by Gasteiger charge is -2.16. The standard InChI is InChI=1S/C18H27N3O2.HI/c1-2-19-18(21-15-6-3-4-7-15)20-13-14-8-9-16-17(12-14)23-11-5-10-22-16;/h8-9,12,15H,2-7,10-11,13H2,1H3,(H2,19,20,21);1H. The van der Waals surface area contributed by atoms with E-state index in [1.165, 1.54) is 25.7 Å². The lowest BCUT2D eigenvalue weighted by Crippen LogP contribution is -2.42. The first kappa shape index (κ1) is 19.1. The van der Waals surface area contributed by atoms with Gasteiger partial charge < -0.3 is 20.1 Å². The normalized spacial score (nSPS) is 17.8. The molecule has 1 heterocycles. The van der Waals surface area contributed by atoms with Crippen LogP contribution in [0.4, 0.5) is 0 Å². The quantitative estimate of drug-likeness (QED) is 0.424. The number of nitrogens with zero attached hydrogens (tertiary/aromatic N) is 1. The lowest BCUT2D eigenvalue weighted by atomic mass is 10.2. The first-order valence-electron chi connectivity index (χ1n) is 8.78. The smallest absolute Gasteiger partial charge is 0.191 e. The molecule has 0 bridgehead atoms. The molecule has 2 N–H and O–H groups in total. The fourth-order valence-electron chi connectivity index (χ4n) is 3.06. The second-order valence-corrected chi connectivity index (χ2v) is 6.15. The molecule has 0 radical (unpaired) electrons. The molecule has 1 saturated carbocycles. The Bertz CT molecular complexity index is 545. The number of hydrogen-bond acceptors (Lipinski definition) is 3. The Hall–Kier alpha value is -1.18. The molecule has 1 fully saturated rings. The second-order valence-electron chi connectivity index (χ2n) is 6.15. The zero-order chi connectivity index (χ0) is 15.9. The average molecular weight is 445 g/mol. The Morgan fingerprint density at radius 2 is 1.88 bits per heavy atom. The van der Waals surface area contributed by atoms with Crippen molar-refractivity contribution in [2.45, 2.75) is 51.6 Å². The minimum atomic E-state index is 0. The number of hydrogen-bond donors (Lipinski definition) is 2. The van der Waals surface area contributed by atoms with Crippen LogP contribution in [-0.4, -0.2) is 31.8 Å². The molecule has 1 aromatic rings. The van der Waals surface area contributed by atoms with E-state index in [9.17, 15) is 0 Å². The molecule has 0 amide bonds. The molecule has 1 aliphatic heterocycles. The Labute approximate surface area is 161 Å². The zero-order valence-electron chi connectivity index (χ0n) is 14.3. The van der Waals surface area contributed by atoms with Crippen molar-refractivity contribution in [3.63, 3.8) is 0 Å². The minimum Gasteiger partial charge on any atom is -0.490 e. The van der Waals surface area contributed by atoms with Crippen LogP contribution < -0.4 is 20.1 Å². The van der Waals surface area contributed by atoms with Crippen LogP contribution in [0.1, 0.15) is 44.6 Å². The highest BCUT2D eigenvalue weighted by atomic mass is 127. The predicted molar refractivity (Wildman–Crippen MR) is 108 cm³/mol. The number of nitrogens with one attached hydrogen (secondary N) is 2. The summed E-state index contributed by atoms with van der Waals surface area (Å²) in [7, 11) is 0. The lowest BCUT2D eigenvalue weighted by molar-refractivity contribution is 0.297. The van der Waals surface area contributed by atoms with Gasteiger partial charge in [0.1, 0.15) is 0 Å². The highest BCUT2D eigenvalue weighted by Gasteiger charge is 2.16. The van der Waals surface area contributed by atoms with E-state index in [4.69, 9.17) is 14.5 Å². The van der Waals surface area contributed by atoms with Crippen molar-refractivity contribution in [1.29, 1.82) is 0 Å². The number of ether oxygens (including phenoxy) is 2. The summed E-state index contributed by atoms with van der Waals surface area (Å²) < 4.78 is 11.4. The van der Waals surface area contributed by atoms with Gasteiger partial charge in [0.15, 0.2) is 17.5 Å². The molecule has 0 atom stereocenters. The van der Waals surface area contributed by atoms with Crippen LogP contribution in [0.25, 0.3) is 0 Å². The van der Waals surface area contributed by atoms with Crippen molar-refractivity contribution in [1.82, 2.24) is 10.6 Å². The van der Waals surface area contributed by atoms with Gasteiger partial charge in [0, 0.05) is 19.0 Å². The SMILES string of the molecule is CCNC(=NCc1ccc2c(c1)OCCCO2)NC1CCCC1.I. The molecule has 1 aromatic carbocycles. The van der Waals surface area contributed by atoms with Gasteiger partial charge in [-0.1, -0.05) is 18.9 Å². The van der Waals surface area contributed by atoms with Gasteiger partial charge in [-0.05, 0) is 37.5 Å². The average Bonchev–Trinajstić information content (AvgIpc) is 2.96. The van der Waals surface area contributed by atoms with Crippen molar-refractivity contribution in [2.75, 3.05) is 19.8 Å². The van der Waals surface area contributed by atoms with E-state index >= 15 is 0 Å². The molecule has 0 saturated heterocycles. The Kier molecular flexibility index (Phi) is 7.94. The number of benzene rings is 1. The highest BCUT2D eigenvalue weighted by molar-refractivity contribution is 14.0. The van der Waals surface area contributed by atoms with Gasteiger partial charge in [-0.15, -0.1) is 24.0 Å². The highest BCUT2D eigenvalue weighted by Crippen LogP contribution is 2.30. The van der Waals surface area contributed by atoms with E-state index in [2.05, 4.69) is 23.6 Å². The van der Waals surface area contributed by atoms with E-state index in [-0.39, 0.29) is 24.0 Å². The molecular formula is C18H28IN3O2. The van der Waals surface area contributed by atoms with Gasteiger partial charge in [-0.3, -0.25) is 0 Å². The molecule has 2 aliphatic rings. The molecule has 0 aromatic heterocycles. The van der Waals surface area contributed by atoms with Crippen LogP contribution in [0.2, 0.25) is 0 Å². The molecule has 3 rings (SSSR count). The summed E-state index contributed by atoms with van der Waals surface area (Å²) in [4.78, 5) is 4.72. The maximum Gasteiger partial charge on any atom is 0.191 e. The van der Waals surface area contributed by atoms with Crippen LogP contribution in [0.15, 0.2) is 23.2 Å². The summed E-state index contributed by atoms with van der Waals surface area (Å²) in [6, 6.07) is 6.67. The molecule has 0 spiro atoms. The molecule has 5 nitrogen and oxygen atoms in total. The third-order valence-corrected chi connectivity index (χ3v) is 4.27. The number of guanidine groups is 1. The number of rotatable bonds is 4. The largest absolute Gasteiger partial charge is 0.490 e. The topological polar surface area (TPSA) is 54.9 Å². The van der Waals surface area contributed by atoms with E-state index in [0.717, 1.165) is 42.6 Å². The van der Waals surface area contributed by atoms with Gasteiger partial charge in [0.2, 0.25) is 0 Å². The van der Waals surface area contributed by atoms with Crippen LogP contribution >= 0.6 is 24.0 Å². The first-order valence-corrected chi connectivity index (χ1v) is 8.78. The molecule has 0 unspecified atom stereocenters. The van der Waals surface area contributed by atoms with Crippen molar-refractivity contribution < 1.29 is 9.47 Å². The maximum atomic E-state index is 5.75. The van der Waals surface area contributed by atoms with E-state index in [1.807, 2.05) is 12.1 Å². The summed E-state index contributed by atoms with van der Waals surface area (Å²) in [5, 5.41) is 6.88. The summed E-state index contributed by atoms with van der Waals surface area (Å²) >= 11 is 0. The molecular weight excluding hydrogens is 417 g/mol. The van der Waals surface area contributed by atoms with Crippen LogP contribution in [0.3, 0.4) is 0 Å². The minimum absolute atomic E-state index is 0. The summed E-state index contributed by atoms with van der Waals surface area (Å²) in [5.74, 6) is 2.58. The zero-order valence-corrected chi connectivity index (χ0v) is 16.7. The van der Waals surface area contributed by atoms with E-state index < -0.39 is 0 Å². The monoisotopic (exact) mass is 445 g/mol. The number of fused-ring (bicyclic) bond motifs is 1.